The lowest BCUT2D eigenvalue weighted by molar-refractivity contribution is -0.126. The third kappa shape index (κ3) is 29.9. The van der Waals surface area contributed by atoms with Gasteiger partial charge in [0.05, 0.1) is 30.7 Å². The molecule has 10 aromatic rings. The number of aryl methyl sites for hydroxylation is 6. The summed E-state index contributed by atoms with van der Waals surface area (Å²) in [5.41, 5.74) is 30.1. The van der Waals surface area contributed by atoms with Crippen molar-refractivity contribution < 1.29 is 14.0 Å². The number of piperidine rings is 5. The second kappa shape index (κ2) is 52.9. The van der Waals surface area contributed by atoms with Crippen molar-refractivity contribution in [3.8, 4) is 0 Å². The largest absolute Gasteiger partial charge is 0.387 e. The number of anilines is 7. The van der Waals surface area contributed by atoms with Crippen LogP contribution in [0.1, 0.15) is 155 Å². The number of hydrogen-bond acceptors (Lipinski definition) is 17. The van der Waals surface area contributed by atoms with Crippen LogP contribution in [-0.4, -0.2) is 200 Å². The number of amides is 2. The lowest BCUT2D eigenvalue weighted by atomic mass is 9.93. The van der Waals surface area contributed by atoms with E-state index in [2.05, 4.69) is 296 Å². The Hall–Kier alpha value is -13.0. The molecule has 21 nitrogen and oxygen atoms in total. The van der Waals surface area contributed by atoms with Crippen LogP contribution in [0, 0.1) is 90.1 Å². The summed E-state index contributed by atoms with van der Waals surface area (Å²) in [7, 11) is 0. The van der Waals surface area contributed by atoms with E-state index in [0.717, 1.165) is 290 Å². The summed E-state index contributed by atoms with van der Waals surface area (Å²) >= 11 is 0. The molecule has 0 bridgehead atoms. The third-order valence-electron chi connectivity index (χ3n) is 31.6. The number of benzene rings is 8. The van der Waals surface area contributed by atoms with E-state index < -0.39 is 0 Å². The van der Waals surface area contributed by atoms with Gasteiger partial charge in [-0.05, 0) is 267 Å². The van der Waals surface area contributed by atoms with E-state index >= 15 is 0 Å². The number of halogens is 1. The maximum Gasteiger partial charge on any atom is 0.224 e. The molecule has 2 atom stereocenters. The average molecular weight is 1970 g/mol. The van der Waals surface area contributed by atoms with Crippen molar-refractivity contribution in [3.63, 3.8) is 0 Å². The number of rotatable bonds is 30. The monoisotopic (exact) mass is 1960 g/mol. The Labute approximate surface area is 870 Å². The van der Waals surface area contributed by atoms with E-state index in [1.165, 1.54) is 119 Å². The molecule has 2 unspecified atom stereocenters. The summed E-state index contributed by atoms with van der Waals surface area (Å²) < 4.78 is 14.3. The van der Waals surface area contributed by atoms with Crippen molar-refractivity contribution in [1.29, 1.82) is 0 Å². The predicted octanol–water partition coefficient (Wildman–Crippen LogP) is 21.0. The number of nitrogens with zero attached hydrogens (tertiary/aromatic N) is 14. The number of fused-ring (bicyclic) bond motifs is 5. The molecule has 12 heterocycles. The fourth-order valence-electron chi connectivity index (χ4n) is 22.8. The van der Waals surface area contributed by atoms with Gasteiger partial charge < -0.3 is 60.9 Å². The predicted molar refractivity (Wildman–Crippen MR) is 601 cm³/mol. The number of allylic oxidation sites excluding steroid dienone is 3. The normalized spacial score (nSPS) is 17.9. The van der Waals surface area contributed by atoms with Gasteiger partial charge in [-0.1, -0.05) is 175 Å². The van der Waals surface area contributed by atoms with Gasteiger partial charge in [0, 0.05) is 253 Å². The van der Waals surface area contributed by atoms with Crippen LogP contribution in [0.4, 0.5) is 55.8 Å². The Kier molecular flexibility index (Phi) is 38.3. The number of nitrogens with one attached hydrogen (secondary N) is 5. The van der Waals surface area contributed by atoms with Crippen LogP contribution in [0.3, 0.4) is 0 Å². The van der Waals surface area contributed by atoms with Gasteiger partial charge in [0.25, 0.3) is 0 Å². The Morgan fingerprint density at radius 2 is 0.712 bits per heavy atom. The highest BCUT2D eigenvalue weighted by Crippen LogP contribution is 2.36. The lowest BCUT2D eigenvalue weighted by Gasteiger charge is -2.35. The van der Waals surface area contributed by atoms with Crippen LogP contribution in [-0.2, 0) is 61.3 Å². The highest BCUT2D eigenvalue weighted by molar-refractivity contribution is 5.80. The van der Waals surface area contributed by atoms with Crippen LogP contribution < -0.4 is 60.9 Å². The van der Waals surface area contributed by atoms with Crippen LogP contribution in [0.15, 0.2) is 243 Å². The molecule has 22 heteroatoms. The topological polar surface area (TPSA) is 161 Å². The highest BCUT2D eigenvalue weighted by atomic mass is 19.1. The summed E-state index contributed by atoms with van der Waals surface area (Å²) in [6.45, 7) is 67.6. The fourth-order valence-corrected chi connectivity index (χ4v) is 22.8. The molecule has 0 aliphatic carbocycles. The van der Waals surface area contributed by atoms with Crippen LogP contribution in [0.25, 0.3) is 9.69 Å². The number of aromatic nitrogens is 2. The van der Waals surface area contributed by atoms with Gasteiger partial charge in [0.15, 0.2) is 5.69 Å². The van der Waals surface area contributed by atoms with Crippen molar-refractivity contribution in [2.75, 3.05) is 198 Å². The van der Waals surface area contributed by atoms with E-state index in [1.54, 1.807) is 12.3 Å². The van der Waals surface area contributed by atoms with Gasteiger partial charge in [0.2, 0.25) is 17.5 Å². The molecule has 5 saturated heterocycles. The van der Waals surface area contributed by atoms with Crippen molar-refractivity contribution in [2.45, 2.75) is 170 Å². The Morgan fingerprint density at radius 1 is 0.336 bits per heavy atom. The van der Waals surface area contributed by atoms with Crippen LogP contribution in [0.2, 0.25) is 0 Å². The van der Waals surface area contributed by atoms with Gasteiger partial charge in [0.1, 0.15) is 17.5 Å². The first-order chi connectivity index (χ1) is 71.1. The number of carbonyl (C=O) groups excluding carboxylic acids is 2. The smallest absolute Gasteiger partial charge is 0.224 e. The van der Waals surface area contributed by atoms with E-state index in [-0.39, 0.29) is 29.5 Å². The van der Waals surface area contributed by atoms with E-state index in [0.29, 0.717) is 47.9 Å². The van der Waals surface area contributed by atoms with Crippen molar-refractivity contribution in [3.05, 3.63) is 350 Å². The molecule has 20 rings (SSSR count). The zero-order valence-electron chi connectivity index (χ0n) is 87.9. The quantitative estimate of drug-likeness (QED) is 0.0213. The van der Waals surface area contributed by atoms with Gasteiger partial charge in [-0.2, -0.15) is 0 Å². The van der Waals surface area contributed by atoms with Crippen molar-refractivity contribution in [1.82, 2.24) is 51.3 Å². The van der Waals surface area contributed by atoms with E-state index in [9.17, 15) is 14.0 Å². The maximum atomic E-state index is 14.3. The first-order valence-corrected chi connectivity index (χ1v) is 54.4. The van der Waals surface area contributed by atoms with Crippen LogP contribution in [0.5, 0.6) is 0 Å². The zero-order valence-corrected chi connectivity index (χ0v) is 87.9. The molecule has 768 valence electrons. The average Bonchev–Trinajstić information content (AvgIpc) is 1.80. The van der Waals surface area contributed by atoms with Crippen LogP contribution >= 0.6 is 0 Å². The minimum absolute atomic E-state index is 0.0723. The Morgan fingerprint density at radius 3 is 1.14 bits per heavy atom. The summed E-state index contributed by atoms with van der Waals surface area (Å²) in [4.78, 5) is 65.2. The summed E-state index contributed by atoms with van der Waals surface area (Å²) in [5.74, 6) is 3.87. The first-order valence-electron chi connectivity index (χ1n) is 54.4. The van der Waals surface area contributed by atoms with Gasteiger partial charge in [-0.15, -0.1) is 0 Å². The Balaban J connectivity index is 0.000000131. The molecule has 0 spiro atoms. The standard InChI is InChI=1S/C26H32N4.C25H31N5.C25H34N4.C24H30FN3O.C24H31N3O/c1-20-4-5-24-19-29(14-10-23(24)18-20)17-13-28-21(2)22-11-15-30(16-12-22)26-8-6-25(27-3)7-9-26;1-19-4-5-23-18-29(12-8-22(23)16-19)15-11-27-20(2)21-9-13-30(14-10-21)25-7-6-24(26-3)17-28-25;1-19-4-6-24-18-28(12-8-23(24)16-19)15-11-26-21(3)22-9-13-29(14-10-22)25-7-5-20(2)17-27-25;1-18-9-10-23(21(25)16-18)28-13-4-7-20(17-28)24(29)26-12-5-14-27-15-11-19-6-2-3-8-22(19)27;1-19-9-11-22(12-10-19)27-15-4-7-21(18-27)24(28)25-14-5-16-26-17-13-20-6-2-3-8-23(20)26/h4-9,18,22,28H,2,10-17,19H2,1H3;4-7,16-17,21,27H,2,8-15,18H2,1H3;4-7,16-17,22,26H,3,8-15,18H2,1-2H3;2-3,6,8-10,16,20H,4-5,7,11-15,17H2,1H3,(H,26,29);2-3,6,8-12,21H,4-5,7,13-18H2,1H3,(H,25,28). The lowest BCUT2D eigenvalue weighted by Crippen LogP contribution is -2.43. The molecule has 2 aromatic heterocycles. The van der Waals surface area contributed by atoms with Gasteiger partial charge in [-0.25, -0.2) is 19.1 Å². The molecule has 8 aromatic carbocycles. The molecule has 0 saturated carbocycles. The Bertz CT molecular complexity index is 5890. The minimum atomic E-state index is -0.197. The molecule has 5 fully saturated rings. The summed E-state index contributed by atoms with van der Waals surface area (Å²) in [5, 5.41) is 17.1. The molecular formula is C124H158FN19O2. The highest BCUT2D eigenvalue weighted by Gasteiger charge is 2.33. The van der Waals surface area contributed by atoms with Gasteiger partial charge >= 0.3 is 0 Å². The number of pyridine rings is 2. The molecule has 2 amide bonds. The maximum absolute atomic E-state index is 14.3. The number of carbonyl (C=O) groups is 2. The molecule has 0 radical (unpaired) electrons. The number of para-hydroxylation sites is 2. The SMILES string of the molecule is C=C(NCCN1CCc2cc(C)ccc2C1)C1CCN(c2ccc(C)cn2)CC1.Cc1ccc(N2CCCC(C(=O)NCCCN3CCc4ccccc43)C2)c(F)c1.Cc1ccc(N2CCCC(C(=O)NCCCN3CCc4ccccc43)C2)cc1.[C-]#[N+]c1ccc(N2CCC(C(=C)NCCN3CCc4cc(C)ccc4C3)CC2)cc1.[C-]#[N+]c1ccc(N2CCC(C(=C)NCCN3CCc4cc(C)ccc4C3)CC2)nc1. The number of hydrogen-bond donors (Lipinski definition) is 5. The van der Waals surface area contributed by atoms with Crippen molar-refractivity contribution in [2.24, 2.45) is 29.6 Å². The van der Waals surface area contributed by atoms with E-state index in [1.807, 2.05) is 54.4 Å². The second-order valence-electron chi connectivity index (χ2n) is 42.2. The fraction of sp³-hybridized carbons (Fsp3) is 0.452. The van der Waals surface area contributed by atoms with Gasteiger partial charge in [-0.3, -0.25) is 29.3 Å². The summed E-state index contributed by atoms with van der Waals surface area (Å²) in [6, 6.07) is 67.9. The van der Waals surface area contributed by atoms with Crippen molar-refractivity contribution >= 4 is 63.3 Å². The second-order valence-corrected chi connectivity index (χ2v) is 42.2. The molecular weight excluding hydrogens is 1810 g/mol. The summed E-state index contributed by atoms with van der Waals surface area (Å²) in [6.07, 6.45) is 21.9. The minimum Gasteiger partial charge on any atom is -0.387 e. The first kappa shape index (κ1) is 106. The zero-order chi connectivity index (χ0) is 102. The molecule has 10 aliphatic heterocycles. The third-order valence-corrected chi connectivity index (χ3v) is 31.6. The molecule has 10 aliphatic rings. The molecule has 146 heavy (non-hydrogen) atoms. The molecule has 5 N–H and O–H groups in total. The van der Waals surface area contributed by atoms with E-state index in [4.69, 9.17) is 13.1 Å².